The average molecular weight is 391 g/mol. The third-order valence-corrected chi connectivity index (χ3v) is 4.87. The molecule has 1 aliphatic heterocycles. The summed E-state index contributed by atoms with van der Waals surface area (Å²) in [6.07, 6.45) is 4.04. The number of likely N-dealkylation sites (tertiary alicyclic amines) is 1. The second-order valence-corrected chi connectivity index (χ2v) is 6.90. The molecule has 0 bridgehead atoms. The Morgan fingerprint density at radius 2 is 1.96 bits per heavy atom. The van der Waals surface area contributed by atoms with Crippen LogP contribution in [0.3, 0.4) is 0 Å². The van der Waals surface area contributed by atoms with E-state index in [2.05, 4.69) is 5.32 Å². The number of piperidine rings is 1. The maximum Gasteiger partial charge on any atom is 0.287 e. The lowest BCUT2D eigenvalue weighted by molar-refractivity contribution is -0.132. The number of amides is 2. The Bertz CT molecular complexity index is 755. The van der Waals surface area contributed by atoms with E-state index in [0.717, 1.165) is 12.8 Å². The molecule has 7 heteroatoms. The average Bonchev–Trinajstić information content (AvgIpc) is 3.22. The van der Waals surface area contributed by atoms with Gasteiger partial charge < -0.3 is 19.4 Å². The zero-order valence-electron chi connectivity index (χ0n) is 15.0. The third kappa shape index (κ3) is 5.50. The van der Waals surface area contributed by atoms with Crippen LogP contribution in [0.2, 0.25) is 5.02 Å². The fourth-order valence-corrected chi connectivity index (χ4v) is 3.25. The van der Waals surface area contributed by atoms with Gasteiger partial charge in [0.05, 0.1) is 17.9 Å². The van der Waals surface area contributed by atoms with Crippen LogP contribution in [0.4, 0.5) is 0 Å². The Balaban J connectivity index is 1.33. The van der Waals surface area contributed by atoms with Crippen LogP contribution in [0.25, 0.3) is 0 Å². The maximum absolute atomic E-state index is 12.3. The van der Waals surface area contributed by atoms with Gasteiger partial charge in [-0.2, -0.15) is 0 Å². The van der Waals surface area contributed by atoms with Crippen molar-refractivity contribution in [3.63, 3.8) is 0 Å². The van der Waals surface area contributed by atoms with E-state index in [4.69, 9.17) is 20.8 Å². The number of nitrogens with one attached hydrogen (secondary N) is 1. The van der Waals surface area contributed by atoms with Crippen molar-refractivity contribution in [1.82, 2.24) is 10.2 Å². The minimum Gasteiger partial charge on any atom is -0.492 e. The molecule has 1 fully saturated rings. The summed E-state index contributed by atoms with van der Waals surface area (Å²) in [5, 5.41) is 3.53. The lowest BCUT2D eigenvalue weighted by Crippen LogP contribution is -2.46. The van der Waals surface area contributed by atoms with Gasteiger partial charge in [0.25, 0.3) is 5.91 Å². The summed E-state index contributed by atoms with van der Waals surface area (Å²) < 4.78 is 10.7. The second kappa shape index (κ2) is 9.46. The highest BCUT2D eigenvalue weighted by Gasteiger charge is 2.24. The van der Waals surface area contributed by atoms with E-state index in [9.17, 15) is 9.59 Å². The summed E-state index contributed by atoms with van der Waals surface area (Å²) in [7, 11) is 0. The first-order valence-corrected chi connectivity index (χ1v) is 9.51. The SMILES string of the molecule is O=C(NC1CCN(C(=O)CCCOc2ccccc2Cl)CC1)c1ccco1. The molecule has 1 aromatic heterocycles. The number of carbonyl (C=O) groups is 2. The quantitative estimate of drug-likeness (QED) is 0.734. The minimum absolute atomic E-state index is 0.0650. The third-order valence-electron chi connectivity index (χ3n) is 4.56. The van der Waals surface area contributed by atoms with Crippen LogP contribution in [0.15, 0.2) is 47.1 Å². The molecule has 27 heavy (non-hydrogen) atoms. The monoisotopic (exact) mass is 390 g/mol. The Hall–Kier alpha value is -2.47. The number of hydrogen-bond acceptors (Lipinski definition) is 4. The smallest absolute Gasteiger partial charge is 0.287 e. The zero-order chi connectivity index (χ0) is 19.1. The lowest BCUT2D eigenvalue weighted by Gasteiger charge is -2.32. The number of carbonyl (C=O) groups excluding carboxylic acids is 2. The number of rotatable bonds is 7. The zero-order valence-corrected chi connectivity index (χ0v) is 15.8. The second-order valence-electron chi connectivity index (χ2n) is 6.49. The van der Waals surface area contributed by atoms with Gasteiger partial charge >= 0.3 is 0 Å². The number of nitrogens with zero attached hydrogens (tertiary/aromatic N) is 1. The van der Waals surface area contributed by atoms with E-state index < -0.39 is 0 Å². The molecule has 0 spiro atoms. The largest absolute Gasteiger partial charge is 0.492 e. The predicted molar refractivity (Wildman–Crippen MR) is 102 cm³/mol. The van der Waals surface area contributed by atoms with Crippen molar-refractivity contribution in [3.8, 4) is 5.75 Å². The van der Waals surface area contributed by atoms with Crippen molar-refractivity contribution in [1.29, 1.82) is 0 Å². The maximum atomic E-state index is 12.3. The van der Waals surface area contributed by atoms with Gasteiger partial charge in [-0.15, -0.1) is 0 Å². The molecule has 2 aromatic rings. The Kier molecular flexibility index (Phi) is 6.76. The Morgan fingerprint density at radius 3 is 2.67 bits per heavy atom. The van der Waals surface area contributed by atoms with Crippen LogP contribution in [0, 0.1) is 0 Å². The summed E-state index contributed by atoms with van der Waals surface area (Å²) in [6.45, 7) is 1.74. The molecule has 1 N–H and O–H groups in total. The molecule has 2 amide bonds. The first kappa shape index (κ1) is 19.3. The molecular weight excluding hydrogens is 368 g/mol. The molecule has 0 saturated carbocycles. The fourth-order valence-electron chi connectivity index (χ4n) is 3.06. The summed E-state index contributed by atoms with van der Waals surface area (Å²) >= 11 is 6.03. The summed E-state index contributed by atoms with van der Waals surface area (Å²) in [5.41, 5.74) is 0. The fraction of sp³-hybridized carbons (Fsp3) is 0.400. The van der Waals surface area contributed by atoms with E-state index >= 15 is 0 Å². The Labute approximate surface area is 163 Å². The summed E-state index contributed by atoms with van der Waals surface area (Å²) in [4.78, 5) is 26.2. The molecule has 1 aromatic carbocycles. The standard InChI is InChI=1S/C20H23ClN2O4/c21-16-5-1-2-6-17(16)26-14-4-8-19(24)23-11-9-15(10-12-23)22-20(25)18-7-3-13-27-18/h1-3,5-7,13,15H,4,8-12,14H2,(H,22,25). The summed E-state index contributed by atoms with van der Waals surface area (Å²) in [5.74, 6) is 0.863. The van der Waals surface area contributed by atoms with Crippen molar-refractivity contribution in [2.75, 3.05) is 19.7 Å². The van der Waals surface area contributed by atoms with Gasteiger partial charge in [0, 0.05) is 25.6 Å². The van der Waals surface area contributed by atoms with Gasteiger partial charge in [0.2, 0.25) is 5.91 Å². The van der Waals surface area contributed by atoms with Crippen LogP contribution < -0.4 is 10.1 Å². The first-order valence-electron chi connectivity index (χ1n) is 9.13. The first-order chi connectivity index (χ1) is 13.1. The van der Waals surface area contributed by atoms with Gasteiger partial charge in [-0.25, -0.2) is 0 Å². The number of halogens is 1. The van der Waals surface area contributed by atoms with E-state index in [-0.39, 0.29) is 17.9 Å². The molecule has 144 valence electrons. The van der Waals surface area contributed by atoms with Crippen LogP contribution in [0.5, 0.6) is 5.75 Å². The normalized spacial score (nSPS) is 14.8. The summed E-state index contributed by atoms with van der Waals surface area (Å²) in [6, 6.07) is 10.7. The minimum atomic E-state index is -0.207. The van der Waals surface area contributed by atoms with Crippen molar-refractivity contribution >= 4 is 23.4 Å². The highest BCUT2D eigenvalue weighted by molar-refractivity contribution is 6.32. The molecular formula is C20H23ClN2O4. The van der Waals surface area contributed by atoms with Gasteiger partial charge in [-0.05, 0) is 43.5 Å². The molecule has 0 radical (unpaired) electrons. The highest BCUT2D eigenvalue weighted by atomic mass is 35.5. The molecule has 0 aliphatic carbocycles. The number of ether oxygens (including phenoxy) is 1. The lowest BCUT2D eigenvalue weighted by atomic mass is 10.0. The predicted octanol–water partition coefficient (Wildman–Crippen LogP) is 3.51. The van der Waals surface area contributed by atoms with Crippen molar-refractivity contribution in [2.24, 2.45) is 0 Å². The van der Waals surface area contributed by atoms with Crippen molar-refractivity contribution in [3.05, 3.63) is 53.4 Å². The van der Waals surface area contributed by atoms with Crippen LogP contribution in [-0.4, -0.2) is 42.5 Å². The van der Waals surface area contributed by atoms with Crippen LogP contribution in [0.1, 0.15) is 36.2 Å². The highest BCUT2D eigenvalue weighted by Crippen LogP contribution is 2.23. The molecule has 6 nitrogen and oxygen atoms in total. The Morgan fingerprint density at radius 1 is 1.19 bits per heavy atom. The molecule has 1 aliphatic rings. The van der Waals surface area contributed by atoms with Gasteiger partial charge in [-0.1, -0.05) is 23.7 Å². The van der Waals surface area contributed by atoms with Gasteiger partial charge in [0.1, 0.15) is 5.75 Å². The number of para-hydroxylation sites is 1. The van der Waals surface area contributed by atoms with Crippen LogP contribution >= 0.6 is 11.6 Å². The van der Waals surface area contributed by atoms with Gasteiger partial charge in [0.15, 0.2) is 5.76 Å². The number of benzene rings is 1. The van der Waals surface area contributed by atoms with Gasteiger partial charge in [-0.3, -0.25) is 9.59 Å². The molecule has 1 saturated heterocycles. The van der Waals surface area contributed by atoms with E-state index in [0.29, 0.717) is 49.1 Å². The number of hydrogen-bond donors (Lipinski definition) is 1. The van der Waals surface area contributed by atoms with Crippen molar-refractivity contribution < 1.29 is 18.7 Å². The van der Waals surface area contributed by atoms with Crippen molar-refractivity contribution in [2.45, 2.75) is 31.7 Å². The van der Waals surface area contributed by atoms with E-state index in [1.165, 1.54) is 6.26 Å². The number of furan rings is 1. The molecule has 2 heterocycles. The molecule has 3 rings (SSSR count). The van der Waals surface area contributed by atoms with E-state index in [1.807, 2.05) is 23.1 Å². The molecule has 0 atom stereocenters. The molecule has 0 unspecified atom stereocenters. The van der Waals surface area contributed by atoms with E-state index in [1.54, 1.807) is 18.2 Å². The van der Waals surface area contributed by atoms with Crippen LogP contribution in [-0.2, 0) is 4.79 Å². The topological polar surface area (TPSA) is 71.8 Å².